The van der Waals surface area contributed by atoms with E-state index in [0.29, 0.717) is 5.16 Å². The number of nitrogens with zero attached hydrogens (tertiary/aromatic N) is 2. The van der Waals surface area contributed by atoms with Crippen LogP contribution in [0, 0.1) is 6.92 Å². The van der Waals surface area contributed by atoms with Crippen molar-refractivity contribution in [1.29, 1.82) is 0 Å². The quantitative estimate of drug-likeness (QED) is 0.522. The van der Waals surface area contributed by atoms with Gasteiger partial charge in [-0.15, -0.1) is 0 Å². The largest absolute Gasteiger partial charge is 0.298 e. The zero-order chi connectivity index (χ0) is 17.3. The Hall–Kier alpha value is -2.40. The fraction of sp³-hybridized carbons (Fsp3) is 0.211. The van der Waals surface area contributed by atoms with Crippen LogP contribution in [0.2, 0.25) is 0 Å². The summed E-state index contributed by atoms with van der Waals surface area (Å²) in [7, 11) is 0. The van der Waals surface area contributed by atoms with E-state index >= 15 is 0 Å². The van der Waals surface area contributed by atoms with Gasteiger partial charge in [0.25, 0.3) is 0 Å². The molecule has 0 N–H and O–H groups in total. The Bertz CT molecular complexity index is 916. The smallest absolute Gasteiger partial charge is 0.174 e. The highest BCUT2D eigenvalue weighted by atomic mass is 32.2. The molecule has 0 atom stereocenters. The van der Waals surface area contributed by atoms with Gasteiger partial charge in [0.2, 0.25) is 0 Å². The second-order valence-corrected chi connectivity index (χ2v) is 6.85. The number of ketones is 2. The molecule has 0 saturated carbocycles. The van der Waals surface area contributed by atoms with Crippen LogP contribution >= 0.6 is 11.8 Å². The predicted octanol–water partition coefficient (Wildman–Crippen LogP) is 3.97. The Kier molecular flexibility index (Phi) is 4.53. The van der Waals surface area contributed by atoms with Crippen molar-refractivity contribution in [3.8, 4) is 5.69 Å². The molecule has 0 bridgehead atoms. The van der Waals surface area contributed by atoms with Crippen molar-refractivity contribution in [3.05, 3.63) is 54.1 Å². The number of imidazole rings is 1. The normalized spacial score (nSPS) is 11.2. The number of thioether (sulfide) groups is 1. The van der Waals surface area contributed by atoms with Crippen LogP contribution in [0.4, 0.5) is 0 Å². The Morgan fingerprint density at radius 3 is 2.42 bits per heavy atom. The summed E-state index contributed by atoms with van der Waals surface area (Å²) in [5.74, 6) is -0.314. The lowest BCUT2D eigenvalue weighted by Crippen LogP contribution is -2.22. The van der Waals surface area contributed by atoms with Gasteiger partial charge in [-0.05, 0) is 50.6 Å². The molecule has 0 aliphatic rings. The van der Waals surface area contributed by atoms with Crippen molar-refractivity contribution < 1.29 is 9.59 Å². The highest BCUT2D eigenvalue weighted by Crippen LogP contribution is 2.31. The zero-order valence-corrected chi connectivity index (χ0v) is 14.6. The molecule has 122 valence electrons. The third-order valence-corrected chi connectivity index (χ3v) is 5.14. The van der Waals surface area contributed by atoms with Gasteiger partial charge in [0.05, 0.1) is 11.0 Å². The molecule has 1 heterocycles. The molecule has 0 aliphatic heterocycles. The van der Waals surface area contributed by atoms with Crippen molar-refractivity contribution in [1.82, 2.24) is 9.55 Å². The van der Waals surface area contributed by atoms with Gasteiger partial charge in [-0.3, -0.25) is 14.2 Å². The second kappa shape index (κ2) is 6.61. The van der Waals surface area contributed by atoms with Gasteiger partial charge in [0.15, 0.2) is 16.7 Å². The topological polar surface area (TPSA) is 52.0 Å². The Morgan fingerprint density at radius 2 is 1.75 bits per heavy atom. The van der Waals surface area contributed by atoms with E-state index in [2.05, 4.69) is 11.1 Å². The molecule has 4 nitrogen and oxygen atoms in total. The van der Waals surface area contributed by atoms with E-state index in [-0.39, 0.29) is 11.6 Å². The average Bonchev–Trinajstić information content (AvgIpc) is 2.90. The van der Waals surface area contributed by atoms with Crippen LogP contribution < -0.4 is 0 Å². The Morgan fingerprint density at radius 1 is 1.04 bits per heavy atom. The maximum atomic E-state index is 11.8. The summed E-state index contributed by atoms with van der Waals surface area (Å²) < 4.78 is 2.01. The van der Waals surface area contributed by atoms with Gasteiger partial charge in [-0.25, -0.2) is 4.98 Å². The third kappa shape index (κ3) is 3.12. The van der Waals surface area contributed by atoms with Crippen molar-refractivity contribution in [2.24, 2.45) is 0 Å². The van der Waals surface area contributed by atoms with E-state index in [9.17, 15) is 9.59 Å². The molecule has 0 fully saturated rings. The first kappa shape index (κ1) is 16.5. The first-order valence-electron chi connectivity index (χ1n) is 7.69. The van der Waals surface area contributed by atoms with Crippen molar-refractivity contribution in [2.75, 3.05) is 0 Å². The van der Waals surface area contributed by atoms with Crippen molar-refractivity contribution in [2.45, 2.75) is 31.2 Å². The van der Waals surface area contributed by atoms with Gasteiger partial charge >= 0.3 is 0 Å². The third-order valence-electron chi connectivity index (χ3n) is 3.75. The minimum Gasteiger partial charge on any atom is -0.298 e. The second-order valence-electron chi connectivity index (χ2n) is 5.78. The van der Waals surface area contributed by atoms with E-state index in [0.717, 1.165) is 22.3 Å². The van der Waals surface area contributed by atoms with Gasteiger partial charge in [-0.1, -0.05) is 36.0 Å². The molecule has 24 heavy (non-hydrogen) atoms. The fourth-order valence-corrected chi connectivity index (χ4v) is 3.66. The molecular weight excluding hydrogens is 320 g/mol. The Balaban J connectivity index is 2.19. The SMILES string of the molecule is CC(=O)C(Sc1nc2ccccc2n1-c1cccc(C)c1)C(C)=O. The van der Waals surface area contributed by atoms with Crippen LogP contribution in [-0.4, -0.2) is 26.4 Å². The molecule has 0 aliphatic carbocycles. The zero-order valence-electron chi connectivity index (χ0n) is 13.8. The van der Waals surface area contributed by atoms with E-state index in [4.69, 9.17) is 0 Å². The summed E-state index contributed by atoms with van der Waals surface area (Å²) in [5, 5.41) is -0.0810. The molecular formula is C19H18N2O2S. The van der Waals surface area contributed by atoms with Gasteiger partial charge in [-0.2, -0.15) is 0 Å². The highest BCUT2D eigenvalue weighted by molar-refractivity contribution is 8.01. The lowest BCUT2D eigenvalue weighted by Gasteiger charge is -2.13. The minimum absolute atomic E-state index is 0.157. The minimum atomic E-state index is -0.731. The molecule has 2 aromatic carbocycles. The van der Waals surface area contributed by atoms with Crippen LogP contribution in [0.3, 0.4) is 0 Å². The van der Waals surface area contributed by atoms with Crippen molar-refractivity contribution in [3.63, 3.8) is 0 Å². The molecule has 0 radical (unpaired) electrons. The monoisotopic (exact) mass is 338 g/mol. The van der Waals surface area contributed by atoms with Crippen LogP contribution in [0.15, 0.2) is 53.7 Å². The van der Waals surface area contributed by atoms with Crippen molar-refractivity contribution >= 4 is 34.4 Å². The van der Waals surface area contributed by atoms with Crippen LogP contribution in [-0.2, 0) is 9.59 Å². The summed E-state index contributed by atoms with van der Waals surface area (Å²) >= 11 is 1.21. The standard InChI is InChI=1S/C19H18N2O2S/c1-12-7-6-8-15(11-12)21-17-10-5-4-9-16(17)20-19(21)24-18(13(2)22)14(3)23/h4-11,18H,1-3H3. The summed E-state index contributed by atoms with van der Waals surface area (Å²) in [5.41, 5.74) is 3.90. The number of hydrogen-bond donors (Lipinski definition) is 0. The summed E-state index contributed by atoms with van der Waals surface area (Å²) in [6, 6.07) is 15.9. The number of benzene rings is 2. The van der Waals surface area contributed by atoms with Gasteiger partial charge in [0, 0.05) is 5.69 Å². The number of carbonyl (C=O) groups is 2. The van der Waals surface area contributed by atoms with Crippen LogP contribution in [0.1, 0.15) is 19.4 Å². The molecule has 0 saturated heterocycles. The molecule has 0 spiro atoms. The number of carbonyl (C=O) groups excluding carboxylic acids is 2. The van der Waals surface area contributed by atoms with Crippen LogP contribution in [0.25, 0.3) is 16.7 Å². The number of aryl methyl sites for hydroxylation is 1. The Labute approximate surface area is 144 Å². The fourth-order valence-electron chi connectivity index (χ4n) is 2.66. The van der Waals surface area contributed by atoms with E-state index in [1.807, 2.05) is 54.0 Å². The lowest BCUT2D eigenvalue weighted by molar-refractivity contribution is -0.123. The number of Topliss-reactive ketones (excluding diaryl/α,β-unsaturated/α-hetero) is 2. The average molecular weight is 338 g/mol. The summed E-state index contributed by atoms with van der Waals surface area (Å²) in [6.07, 6.45) is 0. The van der Waals surface area contributed by atoms with Gasteiger partial charge in [0.1, 0.15) is 5.25 Å². The molecule has 1 aromatic heterocycles. The maximum absolute atomic E-state index is 11.8. The number of aromatic nitrogens is 2. The number of rotatable bonds is 5. The molecule has 0 amide bonds. The van der Waals surface area contributed by atoms with E-state index in [1.165, 1.54) is 25.6 Å². The van der Waals surface area contributed by atoms with E-state index in [1.54, 1.807) is 0 Å². The molecule has 5 heteroatoms. The molecule has 3 rings (SSSR count). The van der Waals surface area contributed by atoms with Crippen LogP contribution in [0.5, 0.6) is 0 Å². The first-order valence-corrected chi connectivity index (χ1v) is 8.57. The summed E-state index contributed by atoms with van der Waals surface area (Å²) in [4.78, 5) is 28.3. The number of para-hydroxylation sites is 2. The number of fused-ring (bicyclic) bond motifs is 1. The molecule has 3 aromatic rings. The lowest BCUT2D eigenvalue weighted by atomic mass is 10.2. The maximum Gasteiger partial charge on any atom is 0.174 e. The molecule has 0 unspecified atom stereocenters. The number of hydrogen-bond acceptors (Lipinski definition) is 4. The highest BCUT2D eigenvalue weighted by Gasteiger charge is 2.24. The van der Waals surface area contributed by atoms with Gasteiger partial charge < -0.3 is 0 Å². The summed E-state index contributed by atoms with van der Waals surface area (Å²) in [6.45, 7) is 4.92. The first-order chi connectivity index (χ1) is 11.5. The predicted molar refractivity (Wildman–Crippen MR) is 96.8 cm³/mol. The van der Waals surface area contributed by atoms with E-state index < -0.39 is 5.25 Å².